The molecule has 3 nitrogen and oxygen atoms in total. The molecule has 0 aliphatic carbocycles. The van der Waals surface area contributed by atoms with E-state index in [1.807, 2.05) is 52.0 Å². The van der Waals surface area contributed by atoms with E-state index in [1.165, 1.54) is 0 Å². The van der Waals surface area contributed by atoms with Gasteiger partial charge in [-0.1, -0.05) is 45.9 Å². The van der Waals surface area contributed by atoms with Gasteiger partial charge >= 0.3 is 0 Å². The third kappa shape index (κ3) is 5.74. The van der Waals surface area contributed by atoms with Gasteiger partial charge in [-0.3, -0.25) is 4.79 Å². The van der Waals surface area contributed by atoms with Gasteiger partial charge < -0.3 is 9.47 Å². The fourth-order valence-corrected chi connectivity index (χ4v) is 1.98. The summed E-state index contributed by atoms with van der Waals surface area (Å²) in [5.41, 5.74) is 1.16. The minimum atomic E-state index is 0.0416. The zero-order chi connectivity index (χ0) is 15.5. The van der Waals surface area contributed by atoms with Gasteiger partial charge in [-0.2, -0.15) is 0 Å². The van der Waals surface area contributed by atoms with Gasteiger partial charge in [0.1, 0.15) is 11.5 Å². The summed E-state index contributed by atoms with van der Waals surface area (Å²) in [5, 5.41) is 0. The molecule has 1 aromatic carbocycles. The maximum Gasteiger partial charge on any atom is 0.142 e. The first-order valence-corrected chi connectivity index (χ1v) is 7.24. The third-order valence-electron chi connectivity index (χ3n) is 2.85. The topological polar surface area (TPSA) is 35.5 Å². The van der Waals surface area contributed by atoms with E-state index >= 15 is 0 Å². The van der Waals surface area contributed by atoms with Gasteiger partial charge in [0.15, 0.2) is 0 Å². The lowest BCUT2D eigenvalue weighted by atomic mass is 9.88. The molecule has 1 unspecified atom stereocenters. The standard InChI is InChI=1S/C13H16O2.C2H6O.C2H6/c1-9(2)13(14)11-7-10-5-3-4-6-12(10)15-8-11;1-3-2;1-2/h3-6,9,11H,7-8H2,1-2H3;1-2H3;1-2H3. The van der Waals surface area contributed by atoms with E-state index in [0.717, 1.165) is 17.7 Å². The Morgan fingerprint density at radius 3 is 2.35 bits per heavy atom. The van der Waals surface area contributed by atoms with Crippen LogP contribution < -0.4 is 4.74 Å². The molecule has 1 aliphatic rings. The van der Waals surface area contributed by atoms with Crippen LogP contribution in [-0.2, 0) is 16.0 Å². The molecule has 0 aromatic heterocycles. The molecule has 1 aromatic rings. The number of ether oxygens (including phenoxy) is 2. The molecule has 0 saturated carbocycles. The lowest BCUT2D eigenvalue weighted by Crippen LogP contribution is -2.30. The number of carbonyl (C=O) groups is 1. The number of para-hydroxylation sites is 1. The van der Waals surface area contributed by atoms with E-state index in [1.54, 1.807) is 14.2 Å². The Balaban J connectivity index is 0.000000641. The molecule has 1 atom stereocenters. The van der Waals surface area contributed by atoms with E-state index < -0.39 is 0 Å². The van der Waals surface area contributed by atoms with Crippen molar-refractivity contribution in [3.63, 3.8) is 0 Å². The van der Waals surface area contributed by atoms with Crippen LogP contribution in [0.5, 0.6) is 5.75 Å². The predicted octanol–water partition coefficient (Wildman–Crippen LogP) is 3.75. The SMILES string of the molecule is CC.CC(C)C(=O)C1COc2ccccc2C1.COC. The quantitative estimate of drug-likeness (QED) is 0.827. The van der Waals surface area contributed by atoms with Crippen LogP contribution in [0.4, 0.5) is 0 Å². The van der Waals surface area contributed by atoms with Crippen LogP contribution in [0.1, 0.15) is 33.3 Å². The Morgan fingerprint density at radius 2 is 1.80 bits per heavy atom. The second-order valence-electron chi connectivity index (χ2n) is 4.79. The van der Waals surface area contributed by atoms with Crippen molar-refractivity contribution in [1.82, 2.24) is 0 Å². The smallest absolute Gasteiger partial charge is 0.142 e. The van der Waals surface area contributed by atoms with Gasteiger partial charge in [0.25, 0.3) is 0 Å². The largest absolute Gasteiger partial charge is 0.493 e. The normalized spacial score (nSPS) is 15.8. The molecular weight excluding hydrogens is 252 g/mol. The van der Waals surface area contributed by atoms with Crippen LogP contribution in [0.15, 0.2) is 24.3 Å². The number of hydrogen-bond acceptors (Lipinski definition) is 3. The Hall–Kier alpha value is -1.35. The molecule has 0 amide bonds. The highest BCUT2D eigenvalue weighted by molar-refractivity contribution is 5.83. The summed E-state index contributed by atoms with van der Waals surface area (Å²) in [4.78, 5) is 11.8. The highest BCUT2D eigenvalue weighted by Crippen LogP contribution is 2.28. The highest BCUT2D eigenvalue weighted by Gasteiger charge is 2.26. The van der Waals surface area contributed by atoms with Crippen molar-refractivity contribution >= 4 is 5.78 Å². The molecule has 1 heterocycles. The molecule has 1 aliphatic heterocycles. The van der Waals surface area contributed by atoms with E-state index in [4.69, 9.17) is 4.74 Å². The first-order chi connectivity index (χ1) is 9.60. The Labute approximate surface area is 123 Å². The summed E-state index contributed by atoms with van der Waals surface area (Å²) < 4.78 is 9.84. The van der Waals surface area contributed by atoms with Crippen molar-refractivity contribution in [3.05, 3.63) is 29.8 Å². The maximum atomic E-state index is 11.8. The van der Waals surface area contributed by atoms with E-state index in [9.17, 15) is 4.79 Å². The zero-order valence-corrected chi connectivity index (χ0v) is 13.6. The summed E-state index contributed by atoms with van der Waals surface area (Å²) in [7, 11) is 3.25. The first-order valence-electron chi connectivity index (χ1n) is 7.24. The monoisotopic (exact) mass is 280 g/mol. The number of ketones is 1. The van der Waals surface area contributed by atoms with Crippen molar-refractivity contribution in [2.75, 3.05) is 20.8 Å². The summed E-state index contributed by atoms with van der Waals surface area (Å²) in [6.45, 7) is 8.43. The van der Waals surface area contributed by atoms with Gasteiger partial charge in [-0.15, -0.1) is 0 Å². The van der Waals surface area contributed by atoms with Gasteiger partial charge in [-0.05, 0) is 18.1 Å². The molecule has 0 N–H and O–H groups in total. The summed E-state index contributed by atoms with van der Waals surface area (Å²) in [6, 6.07) is 7.95. The van der Waals surface area contributed by atoms with Crippen LogP contribution in [0.2, 0.25) is 0 Å². The molecule has 0 saturated heterocycles. The van der Waals surface area contributed by atoms with Crippen molar-refractivity contribution in [3.8, 4) is 5.75 Å². The van der Waals surface area contributed by atoms with E-state index in [-0.39, 0.29) is 11.8 Å². The molecule has 0 radical (unpaired) electrons. The minimum Gasteiger partial charge on any atom is -0.493 e. The number of carbonyl (C=O) groups excluding carboxylic acids is 1. The molecule has 20 heavy (non-hydrogen) atoms. The van der Waals surface area contributed by atoms with Crippen molar-refractivity contribution in [1.29, 1.82) is 0 Å². The third-order valence-corrected chi connectivity index (χ3v) is 2.85. The molecule has 0 fully saturated rings. The van der Waals surface area contributed by atoms with Crippen LogP contribution >= 0.6 is 0 Å². The molecule has 114 valence electrons. The lowest BCUT2D eigenvalue weighted by molar-refractivity contribution is -0.127. The molecule has 3 heteroatoms. The number of rotatable bonds is 2. The number of fused-ring (bicyclic) bond motifs is 1. The zero-order valence-electron chi connectivity index (χ0n) is 13.6. The van der Waals surface area contributed by atoms with Crippen molar-refractivity contribution in [2.24, 2.45) is 11.8 Å². The maximum absolute atomic E-state index is 11.8. The molecule has 0 spiro atoms. The predicted molar refractivity (Wildman–Crippen MR) is 83.3 cm³/mol. The van der Waals surface area contributed by atoms with Gasteiger partial charge in [-0.25, -0.2) is 0 Å². The Bertz CT molecular complexity index is 386. The fraction of sp³-hybridized carbons (Fsp3) is 0.588. The number of methoxy groups -OCH3 is 1. The Morgan fingerprint density at radius 1 is 1.25 bits per heavy atom. The fourth-order valence-electron chi connectivity index (χ4n) is 1.98. The molecular formula is C17H28O3. The first kappa shape index (κ1) is 18.7. The Kier molecular flexibility index (Phi) is 9.73. The van der Waals surface area contributed by atoms with Gasteiger partial charge in [0.05, 0.1) is 12.5 Å². The second-order valence-corrected chi connectivity index (χ2v) is 4.79. The number of Topliss-reactive ketones (excluding diaryl/α,β-unsaturated/α-hetero) is 1. The van der Waals surface area contributed by atoms with Gasteiger partial charge in [0, 0.05) is 20.1 Å². The second kappa shape index (κ2) is 10.4. The van der Waals surface area contributed by atoms with Gasteiger partial charge in [0.2, 0.25) is 0 Å². The highest BCUT2D eigenvalue weighted by atomic mass is 16.5. The van der Waals surface area contributed by atoms with Crippen molar-refractivity contribution < 1.29 is 14.3 Å². The van der Waals surface area contributed by atoms with Crippen LogP contribution in [0.3, 0.4) is 0 Å². The van der Waals surface area contributed by atoms with E-state index in [0.29, 0.717) is 12.4 Å². The number of hydrogen-bond donors (Lipinski definition) is 0. The summed E-state index contributed by atoms with van der Waals surface area (Å²) in [5.74, 6) is 1.39. The van der Waals surface area contributed by atoms with Crippen LogP contribution in [-0.4, -0.2) is 26.6 Å². The van der Waals surface area contributed by atoms with Crippen LogP contribution in [0.25, 0.3) is 0 Å². The lowest BCUT2D eigenvalue weighted by Gasteiger charge is -2.25. The van der Waals surface area contributed by atoms with Crippen LogP contribution in [0, 0.1) is 11.8 Å². The van der Waals surface area contributed by atoms with E-state index in [2.05, 4.69) is 4.74 Å². The average Bonchev–Trinajstić information content (AvgIpc) is 2.48. The number of benzene rings is 1. The molecule has 2 rings (SSSR count). The minimum absolute atomic E-state index is 0.0416. The summed E-state index contributed by atoms with van der Waals surface area (Å²) >= 11 is 0. The summed E-state index contributed by atoms with van der Waals surface area (Å²) in [6.07, 6.45) is 0.827. The van der Waals surface area contributed by atoms with Crippen molar-refractivity contribution in [2.45, 2.75) is 34.1 Å². The molecule has 0 bridgehead atoms. The average molecular weight is 280 g/mol.